The number of fused-ring (bicyclic) bond motifs is 1. The standard InChI is InChI=1S/C23H27N7.C2H2O4/c1-2-5-19(6-3-1)16-29-11-9-28(10-12-29)8-4-7-20-14-24-22-15-25-23(13-21(20)22)30-17-26-27-18-30;3-1(4)2(5)6/h1-3,5-6,13-15,17-18,24H,4,7-12,16H2;(H,3,4)(H,5,6). The third kappa shape index (κ3) is 6.74. The van der Waals surface area contributed by atoms with E-state index in [1.807, 2.05) is 10.8 Å². The van der Waals surface area contributed by atoms with Crippen molar-refractivity contribution in [2.75, 3.05) is 32.7 Å². The van der Waals surface area contributed by atoms with E-state index in [4.69, 9.17) is 19.8 Å². The summed E-state index contributed by atoms with van der Waals surface area (Å²) < 4.78 is 1.84. The fourth-order valence-corrected chi connectivity index (χ4v) is 4.24. The SMILES string of the molecule is O=C(O)C(=O)O.c1ccc(CN2CCN(CCCc3c[nH]c4cnc(-n5cnnc5)cc34)CC2)cc1. The van der Waals surface area contributed by atoms with Crippen molar-refractivity contribution >= 4 is 22.8 Å². The Kier molecular flexibility index (Phi) is 8.37. The third-order valence-electron chi connectivity index (χ3n) is 6.14. The van der Waals surface area contributed by atoms with Gasteiger partial charge in [0.25, 0.3) is 0 Å². The van der Waals surface area contributed by atoms with Crippen LogP contribution in [0.4, 0.5) is 0 Å². The highest BCUT2D eigenvalue weighted by Crippen LogP contribution is 2.21. The predicted molar refractivity (Wildman–Crippen MR) is 133 cm³/mol. The van der Waals surface area contributed by atoms with Crippen molar-refractivity contribution in [3.05, 3.63) is 72.6 Å². The van der Waals surface area contributed by atoms with Gasteiger partial charge in [0.1, 0.15) is 18.5 Å². The van der Waals surface area contributed by atoms with Gasteiger partial charge in [-0.05, 0) is 36.6 Å². The minimum Gasteiger partial charge on any atom is -0.473 e. The van der Waals surface area contributed by atoms with Gasteiger partial charge in [0.15, 0.2) is 0 Å². The highest BCUT2D eigenvalue weighted by molar-refractivity contribution is 6.27. The van der Waals surface area contributed by atoms with Gasteiger partial charge in [-0.3, -0.25) is 9.47 Å². The number of hydrogen-bond donors (Lipinski definition) is 3. The second-order valence-corrected chi connectivity index (χ2v) is 8.59. The lowest BCUT2D eigenvalue weighted by molar-refractivity contribution is -0.159. The van der Waals surface area contributed by atoms with Gasteiger partial charge < -0.3 is 20.1 Å². The monoisotopic (exact) mass is 491 g/mol. The molecule has 1 fully saturated rings. The highest BCUT2D eigenvalue weighted by atomic mass is 16.4. The summed E-state index contributed by atoms with van der Waals surface area (Å²) in [4.78, 5) is 31.2. The van der Waals surface area contributed by atoms with Crippen molar-refractivity contribution in [2.45, 2.75) is 19.4 Å². The Morgan fingerprint density at radius 3 is 2.28 bits per heavy atom. The number of aliphatic carboxylic acids is 2. The molecule has 3 aromatic heterocycles. The molecule has 0 aliphatic carbocycles. The third-order valence-corrected chi connectivity index (χ3v) is 6.14. The average molecular weight is 492 g/mol. The maximum absolute atomic E-state index is 9.10. The number of nitrogens with zero attached hydrogens (tertiary/aromatic N) is 6. The number of hydrogen-bond acceptors (Lipinski definition) is 7. The lowest BCUT2D eigenvalue weighted by Crippen LogP contribution is -2.46. The number of pyridine rings is 1. The second kappa shape index (κ2) is 12.0. The molecule has 5 rings (SSSR count). The lowest BCUT2D eigenvalue weighted by atomic mass is 10.1. The zero-order valence-electron chi connectivity index (χ0n) is 19.8. The summed E-state index contributed by atoms with van der Waals surface area (Å²) >= 11 is 0. The summed E-state index contributed by atoms with van der Waals surface area (Å²) in [5.41, 5.74) is 3.84. The number of nitrogens with one attached hydrogen (secondary N) is 1. The van der Waals surface area contributed by atoms with E-state index in [0.29, 0.717) is 0 Å². The number of aryl methyl sites for hydroxylation is 1. The fraction of sp³-hybridized carbons (Fsp3) is 0.320. The minimum absolute atomic E-state index is 0.850. The molecule has 1 aliphatic rings. The van der Waals surface area contributed by atoms with Crippen LogP contribution in [0, 0.1) is 0 Å². The Balaban J connectivity index is 0.000000455. The Morgan fingerprint density at radius 2 is 1.61 bits per heavy atom. The molecule has 0 radical (unpaired) electrons. The smallest absolute Gasteiger partial charge is 0.414 e. The van der Waals surface area contributed by atoms with Gasteiger partial charge in [0.2, 0.25) is 0 Å². The van der Waals surface area contributed by atoms with E-state index in [2.05, 4.69) is 72.6 Å². The van der Waals surface area contributed by atoms with Gasteiger partial charge in [-0.2, -0.15) is 0 Å². The van der Waals surface area contributed by atoms with Crippen LogP contribution >= 0.6 is 0 Å². The molecule has 4 heterocycles. The van der Waals surface area contributed by atoms with E-state index in [1.54, 1.807) is 12.7 Å². The summed E-state index contributed by atoms with van der Waals surface area (Å²) in [5, 5.41) is 23.8. The summed E-state index contributed by atoms with van der Waals surface area (Å²) in [6.45, 7) is 6.82. The number of carbonyl (C=O) groups is 2. The molecule has 1 saturated heterocycles. The fourth-order valence-electron chi connectivity index (χ4n) is 4.24. The van der Waals surface area contributed by atoms with Crippen molar-refractivity contribution in [3.63, 3.8) is 0 Å². The van der Waals surface area contributed by atoms with Crippen LogP contribution in [0.25, 0.3) is 16.7 Å². The molecule has 0 amide bonds. The Hall–Kier alpha value is -4.09. The number of carboxylic acid groups (broad SMARTS) is 2. The van der Waals surface area contributed by atoms with E-state index in [0.717, 1.165) is 63.4 Å². The molecule has 188 valence electrons. The second-order valence-electron chi connectivity index (χ2n) is 8.59. The molecule has 0 atom stereocenters. The number of rotatable bonds is 7. The van der Waals surface area contributed by atoms with E-state index in [9.17, 15) is 0 Å². The Bertz CT molecular complexity index is 1250. The molecule has 1 aromatic carbocycles. The first-order valence-electron chi connectivity index (χ1n) is 11.8. The molecule has 11 heteroatoms. The minimum atomic E-state index is -1.82. The number of benzene rings is 1. The molecule has 4 aromatic rings. The number of aromatic amines is 1. The highest BCUT2D eigenvalue weighted by Gasteiger charge is 2.17. The van der Waals surface area contributed by atoms with Crippen LogP contribution in [-0.4, -0.2) is 89.4 Å². The zero-order chi connectivity index (χ0) is 25.3. The predicted octanol–water partition coefficient (Wildman–Crippen LogP) is 2.05. The molecule has 36 heavy (non-hydrogen) atoms. The molecular formula is C25H29N7O4. The molecule has 0 unspecified atom stereocenters. The molecule has 11 nitrogen and oxygen atoms in total. The average Bonchev–Trinajstić information content (AvgIpc) is 3.56. The molecule has 0 bridgehead atoms. The number of carboxylic acids is 2. The first-order chi connectivity index (χ1) is 17.5. The van der Waals surface area contributed by atoms with Gasteiger partial charge in [-0.1, -0.05) is 30.3 Å². The quantitative estimate of drug-likeness (QED) is 0.331. The largest absolute Gasteiger partial charge is 0.473 e. The molecule has 1 aliphatic heterocycles. The first-order valence-corrected chi connectivity index (χ1v) is 11.8. The van der Waals surface area contributed by atoms with E-state index >= 15 is 0 Å². The lowest BCUT2D eigenvalue weighted by Gasteiger charge is -2.34. The summed E-state index contributed by atoms with van der Waals surface area (Å²) in [7, 11) is 0. The van der Waals surface area contributed by atoms with Crippen molar-refractivity contribution in [3.8, 4) is 5.82 Å². The number of piperazine rings is 1. The van der Waals surface area contributed by atoms with E-state index < -0.39 is 11.9 Å². The van der Waals surface area contributed by atoms with Gasteiger partial charge in [-0.15, -0.1) is 10.2 Å². The van der Waals surface area contributed by atoms with Crippen LogP contribution in [0.3, 0.4) is 0 Å². The maximum atomic E-state index is 9.10. The van der Waals surface area contributed by atoms with Crippen molar-refractivity contribution in [1.82, 2.24) is 34.5 Å². The van der Waals surface area contributed by atoms with Crippen molar-refractivity contribution in [1.29, 1.82) is 0 Å². The van der Waals surface area contributed by atoms with Crippen LogP contribution in [0.2, 0.25) is 0 Å². The summed E-state index contributed by atoms with van der Waals surface area (Å²) in [6.07, 6.45) is 9.60. The Morgan fingerprint density at radius 1 is 0.944 bits per heavy atom. The van der Waals surface area contributed by atoms with Crippen LogP contribution in [0.5, 0.6) is 0 Å². The van der Waals surface area contributed by atoms with Gasteiger partial charge in [0.05, 0.1) is 11.7 Å². The van der Waals surface area contributed by atoms with E-state index in [-0.39, 0.29) is 0 Å². The van der Waals surface area contributed by atoms with Gasteiger partial charge >= 0.3 is 11.9 Å². The maximum Gasteiger partial charge on any atom is 0.414 e. The summed E-state index contributed by atoms with van der Waals surface area (Å²) in [6, 6.07) is 12.9. The normalized spacial score (nSPS) is 14.3. The Labute approximate surface area is 208 Å². The van der Waals surface area contributed by atoms with E-state index in [1.165, 1.54) is 16.5 Å². The molecule has 0 spiro atoms. The van der Waals surface area contributed by atoms with Crippen LogP contribution < -0.4 is 0 Å². The van der Waals surface area contributed by atoms with Gasteiger partial charge in [-0.25, -0.2) is 14.6 Å². The molecular weight excluding hydrogens is 462 g/mol. The first kappa shape index (κ1) is 25.0. The van der Waals surface area contributed by atoms with Crippen LogP contribution in [-0.2, 0) is 22.6 Å². The number of aromatic nitrogens is 5. The van der Waals surface area contributed by atoms with Crippen molar-refractivity contribution < 1.29 is 19.8 Å². The van der Waals surface area contributed by atoms with Gasteiger partial charge in [0, 0.05) is 44.3 Å². The van der Waals surface area contributed by atoms with Crippen molar-refractivity contribution in [2.24, 2.45) is 0 Å². The van der Waals surface area contributed by atoms with Crippen LogP contribution in [0.1, 0.15) is 17.5 Å². The number of H-pyrrole nitrogens is 1. The zero-order valence-corrected chi connectivity index (χ0v) is 19.8. The molecule has 3 N–H and O–H groups in total. The van der Waals surface area contributed by atoms with Crippen LogP contribution in [0.15, 0.2) is 61.4 Å². The molecule has 0 saturated carbocycles. The summed E-state index contributed by atoms with van der Waals surface area (Å²) in [5.74, 6) is -2.80. The topological polar surface area (TPSA) is 140 Å².